The highest BCUT2D eigenvalue weighted by Gasteiger charge is 2.15. The number of carbonyl (C=O) groups is 1. The van der Waals surface area contributed by atoms with Gasteiger partial charge in [0.1, 0.15) is 18.1 Å². The van der Waals surface area contributed by atoms with Gasteiger partial charge in [-0.05, 0) is 29.8 Å². The zero-order chi connectivity index (χ0) is 16.2. The van der Waals surface area contributed by atoms with Crippen LogP contribution in [0, 0.1) is 0 Å². The fourth-order valence-corrected chi connectivity index (χ4v) is 2.57. The molecule has 0 radical (unpaired) electrons. The lowest BCUT2D eigenvalue weighted by Crippen LogP contribution is -2.28. The van der Waals surface area contributed by atoms with Gasteiger partial charge < -0.3 is 19.7 Å². The molecule has 23 heavy (non-hydrogen) atoms. The van der Waals surface area contributed by atoms with E-state index < -0.39 is 0 Å². The molecule has 2 aromatic rings. The van der Waals surface area contributed by atoms with Gasteiger partial charge in [0.15, 0.2) is 0 Å². The Labute approximate surface area is 135 Å². The van der Waals surface area contributed by atoms with Gasteiger partial charge in [0.2, 0.25) is 5.91 Å². The average molecular weight is 312 g/mol. The lowest BCUT2D eigenvalue weighted by Gasteiger charge is -2.27. The molecule has 0 saturated heterocycles. The number of fused-ring (bicyclic) bond motifs is 1. The van der Waals surface area contributed by atoms with Crippen LogP contribution in [0.25, 0.3) is 0 Å². The second-order valence-corrected chi connectivity index (χ2v) is 5.53. The van der Waals surface area contributed by atoms with Crippen molar-refractivity contribution < 1.29 is 14.3 Å². The van der Waals surface area contributed by atoms with E-state index in [9.17, 15) is 4.79 Å². The Morgan fingerprint density at radius 1 is 1.26 bits per heavy atom. The molecule has 0 bridgehead atoms. The van der Waals surface area contributed by atoms with Crippen molar-refractivity contribution in [2.45, 2.75) is 6.42 Å². The van der Waals surface area contributed by atoms with Gasteiger partial charge in [-0.2, -0.15) is 0 Å². The number of anilines is 2. The second kappa shape index (κ2) is 6.60. The molecule has 1 aliphatic rings. The van der Waals surface area contributed by atoms with Crippen LogP contribution in [0.5, 0.6) is 11.5 Å². The SMILES string of the molecule is COc1ccc(CC(=O)Nc2ccc3c(c2)OCCN3C)cc1. The summed E-state index contributed by atoms with van der Waals surface area (Å²) in [7, 11) is 3.65. The first-order valence-electron chi connectivity index (χ1n) is 7.56. The minimum absolute atomic E-state index is 0.0562. The van der Waals surface area contributed by atoms with E-state index in [-0.39, 0.29) is 5.91 Å². The van der Waals surface area contributed by atoms with Crippen LogP contribution in [-0.2, 0) is 11.2 Å². The Balaban J connectivity index is 1.65. The maximum Gasteiger partial charge on any atom is 0.228 e. The topological polar surface area (TPSA) is 50.8 Å². The fraction of sp³-hybridized carbons (Fsp3) is 0.278. The first-order valence-corrected chi connectivity index (χ1v) is 7.56. The lowest BCUT2D eigenvalue weighted by atomic mass is 10.1. The van der Waals surface area contributed by atoms with E-state index in [0.717, 1.165) is 35.0 Å². The van der Waals surface area contributed by atoms with Gasteiger partial charge >= 0.3 is 0 Å². The summed E-state index contributed by atoms with van der Waals surface area (Å²) in [5, 5.41) is 2.92. The van der Waals surface area contributed by atoms with Crippen molar-refractivity contribution in [1.82, 2.24) is 0 Å². The van der Waals surface area contributed by atoms with Crippen LogP contribution in [0.1, 0.15) is 5.56 Å². The second-order valence-electron chi connectivity index (χ2n) is 5.53. The van der Waals surface area contributed by atoms with Crippen molar-refractivity contribution in [2.75, 3.05) is 37.5 Å². The summed E-state index contributed by atoms with van der Waals surface area (Å²) in [4.78, 5) is 14.3. The normalized spacial score (nSPS) is 13.0. The standard InChI is InChI=1S/C18H20N2O3/c1-20-9-10-23-17-12-14(5-8-16(17)20)19-18(21)11-13-3-6-15(22-2)7-4-13/h3-8,12H,9-11H2,1-2H3,(H,19,21). The van der Waals surface area contributed by atoms with Gasteiger partial charge in [0.05, 0.1) is 25.8 Å². The largest absolute Gasteiger partial charge is 0.497 e. The van der Waals surface area contributed by atoms with Crippen LogP contribution in [-0.4, -0.2) is 33.2 Å². The third kappa shape index (κ3) is 3.56. The Morgan fingerprint density at radius 2 is 2.04 bits per heavy atom. The Bertz CT molecular complexity index is 698. The number of carbonyl (C=O) groups excluding carboxylic acids is 1. The first-order chi connectivity index (χ1) is 11.2. The number of benzene rings is 2. The number of rotatable bonds is 4. The molecular weight excluding hydrogens is 292 g/mol. The molecule has 5 nitrogen and oxygen atoms in total. The number of nitrogens with zero attached hydrogens (tertiary/aromatic N) is 1. The van der Waals surface area contributed by atoms with Crippen molar-refractivity contribution in [3.63, 3.8) is 0 Å². The summed E-state index contributed by atoms with van der Waals surface area (Å²) in [6, 6.07) is 13.2. The van der Waals surface area contributed by atoms with Crippen molar-refractivity contribution in [3.8, 4) is 11.5 Å². The summed E-state index contributed by atoms with van der Waals surface area (Å²) in [6.45, 7) is 1.53. The van der Waals surface area contributed by atoms with Crippen LogP contribution in [0.2, 0.25) is 0 Å². The average Bonchev–Trinajstić information content (AvgIpc) is 2.55. The predicted molar refractivity (Wildman–Crippen MR) is 90.5 cm³/mol. The van der Waals surface area contributed by atoms with Crippen LogP contribution in [0.15, 0.2) is 42.5 Å². The molecule has 0 spiro atoms. The number of methoxy groups -OCH3 is 1. The molecule has 120 valence electrons. The highest BCUT2D eigenvalue weighted by atomic mass is 16.5. The third-order valence-electron chi connectivity index (χ3n) is 3.86. The molecule has 2 aromatic carbocycles. The van der Waals surface area contributed by atoms with E-state index in [1.165, 1.54) is 0 Å². The maximum absolute atomic E-state index is 12.2. The molecule has 1 heterocycles. The summed E-state index contributed by atoms with van der Waals surface area (Å²) in [6.07, 6.45) is 0.321. The van der Waals surface area contributed by atoms with E-state index in [2.05, 4.69) is 10.2 Å². The lowest BCUT2D eigenvalue weighted by molar-refractivity contribution is -0.115. The van der Waals surface area contributed by atoms with Crippen molar-refractivity contribution in [1.29, 1.82) is 0 Å². The molecule has 0 aromatic heterocycles. The molecule has 5 heteroatoms. The van der Waals surface area contributed by atoms with Crippen molar-refractivity contribution in [2.24, 2.45) is 0 Å². The first kappa shape index (κ1) is 15.2. The summed E-state index contributed by atoms with van der Waals surface area (Å²) < 4.78 is 10.8. The third-order valence-corrected chi connectivity index (χ3v) is 3.86. The smallest absolute Gasteiger partial charge is 0.228 e. The summed E-state index contributed by atoms with van der Waals surface area (Å²) in [5.74, 6) is 1.53. The van der Waals surface area contributed by atoms with E-state index in [4.69, 9.17) is 9.47 Å². The minimum Gasteiger partial charge on any atom is -0.497 e. The number of hydrogen-bond acceptors (Lipinski definition) is 4. The van der Waals surface area contributed by atoms with E-state index in [0.29, 0.717) is 13.0 Å². The van der Waals surface area contributed by atoms with Gasteiger partial charge in [-0.15, -0.1) is 0 Å². The number of amides is 1. The highest BCUT2D eigenvalue weighted by molar-refractivity contribution is 5.92. The zero-order valence-electron chi connectivity index (χ0n) is 13.3. The minimum atomic E-state index is -0.0562. The van der Waals surface area contributed by atoms with Gasteiger partial charge in [0.25, 0.3) is 0 Å². The van der Waals surface area contributed by atoms with Crippen LogP contribution >= 0.6 is 0 Å². The zero-order valence-corrected chi connectivity index (χ0v) is 13.3. The van der Waals surface area contributed by atoms with Crippen molar-refractivity contribution >= 4 is 17.3 Å². The molecule has 1 amide bonds. The summed E-state index contributed by atoms with van der Waals surface area (Å²) in [5.41, 5.74) is 2.74. The quantitative estimate of drug-likeness (QED) is 0.943. The van der Waals surface area contributed by atoms with Crippen LogP contribution < -0.4 is 19.7 Å². The molecular formula is C18H20N2O3. The Kier molecular flexibility index (Phi) is 4.37. The molecule has 3 rings (SSSR count). The van der Waals surface area contributed by atoms with Crippen LogP contribution in [0.3, 0.4) is 0 Å². The maximum atomic E-state index is 12.2. The molecule has 0 fully saturated rings. The van der Waals surface area contributed by atoms with E-state index in [1.807, 2.05) is 49.5 Å². The van der Waals surface area contributed by atoms with Gasteiger partial charge in [-0.1, -0.05) is 12.1 Å². The van der Waals surface area contributed by atoms with Crippen molar-refractivity contribution in [3.05, 3.63) is 48.0 Å². The fourth-order valence-electron chi connectivity index (χ4n) is 2.57. The molecule has 0 unspecified atom stereocenters. The monoisotopic (exact) mass is 312 g/mol. The molecule has 1 aliphatic heterocycles. The van der Waals surface area contributed by atoms with Crippen LogP contribution in [0.4, 0.5) is 11.4 Å². The summed E-state index contributed by atoms with van der Waals surface area (Å²) >= 11 is 0. The van der Waals surface area contributed by atoms with Gasteiger partial charge in [-0.3, -0.25) is 4.79 Å². The number of likely N-dealkylation sites (N-methyl/N-ethyl adjacent to an activating group) is 1. The molecule has 0 aliphatic carbocycles. The number of nitrogens with one attached hydrogen (secondary N) is 1. The van der Waals surface area contributed by atoms with Gasteiger partial charge in [0, 0.05) is 18.8 Å². The molecule has 0 saturated carbocycles. The molecule has 1 N–H and O–H groups in total. The molecule has 0 atom stereocenters. The highest BCUT2D eigenvalue weighted by Crippen LogP contribution is 2.33. The Hall–Kier alpha value is -2.69. The van der Waals surface area contributed by atoms with E-state index >= 15 is 0 Å². The Morgan fingerprint density at radius 3 is 2.78 bits per heavy atom. The number of ether oxygens (including phenoxy) is 2. The predicted octanol–water partition coefficient (Wildman–Crippen LogP) is 2.71. The van der Waals surface area contributed by atoms with Gasteiger partial charge in [-0.25, -0.2) is 0 Å². The van der Waals surface area contributed by atoms with E-state index in [1.54, 1.807) is 7.11 Å². The number of hydrogen-bond donors (Lipinski definition) is 1.